The fourth-order valence-electron chi connectivity index (χ4n) is 3.35. The molecule has 134 valence electrons. The predicted octanol–water partition coefficient (Wildman–Crippen LogP) is 2.75. The number of rotatable bonds is 2. The quantitative estimate of drug-likeness (QED) is 0.614. The summed E-state index contributed by atoms with van der Waals surface area (Å²) in [6, 6.07) is 5.38. The lowest BCUT2D eigenvalue weighted by atomic mass is 9.74. The zero-order valence-electron chi connectivity index (χ0n) is 14.3. The van der Waals surface area contributed by atoms with Crippen LogP contribution in [0.2, 0.25) is 0 Å². The number of ether oxygens (including phenoxy) is 1. The number of Topliss-reactive ketones (excluding diaryl/α,β-unsaturated/α-hetero) is 1. The molecule has 1 aromatic carbocycles. The van der Waals surface area contributed by atoms with Gasteiger partial charge in [0, 0.05) is 30.5 Å². The van der Waals surface area contributed by atoms with Gasteiger partial charge in [0.2, 0.25) is 0 Å². The summed E-state index contributed by atoms with van der Waals surface area (Å²) in [5, 5.41) is 30.7. The Labute approximate surface area is 149 Å². The second-order valence-electron chi connectivity index (χ2n) is 7.18. The average Bonchev–Trinajstić information content (AvgIpc) is 2.53. The van der Waals surface area contributed by atoms with E-state index in [2.05, 4.69) is 0 Å². The number of allylic oxidation sites excluding steroid dienone is 2. The normalized spacial score (nSPS) is 21.7. The first-order chi connectivity index (χ1) is 12.1. The SMILES string of the molecule is CC1(C)CC(=O)C2=C(C1)OC(c1cc([N+](=O)[O-])ccc1O)C(C#N)=C2N. The number of carbonyl (C=O) groups is 1. The number of ketones is 1. The molecule has 0 saturated heterocycles. The lowest BCUT2D eigenvalue weighted by Crippen LogP contribution is -2.33. The molecule has 26 heavy (non-hydrogen) atoms. The molecule has 0 aromatic heterocycles. The van der Waals surface area contributed by atoms with Crippen molar-refractivity contribution < 1.29 is 19.6 Å². The third-order valence-electron chi connectivity index (χ3n) is 4.54. The highest BCUT2D eigenvalue weighted by molar-refractivity contribution is 6.01. The number of nitro benzene ring substituents is 1. The summed E-state index contributed by atoms with van der Waals surface area (Å²) in [6.07, 6.45) is -0.401. The zero-order chi connectivity index (χ0) is 19.2. The minimum Gasteiger partial charge on any atom is -0.508 e. The van der Waals surface area contributed by atoms with Gasteiger partial charge < -0.3 is 15.6 Å². The number of nitriles is 1. The van der Waals surface area contributed by atoms with Crippen molar-refractivity contribution in [2.75, 3.05) is 0 Å². The van der Waals surface area contributed by atoms with Crippen LogP contribution >= 0.6 is 0 Å². The molecule has 8 heteroatoms. The molecule has 0 spiro atoms. The van der Waals surface area contributed by atoms with Crippen molar-refractivity contribution in [2.24, 2.45) is 11.1 Å². The van der Waals surface area contributed by atoms with Crippen molar-refractivity contribution in [3.05, 3.63) is 56.5 Å². The van der Waals surface area contributed by atoms with Crippen molar-refractivity contribution in [1.82, 2.24) is 0 Å². The Bertz CT molecular complexity index is 937. The van der Waals surface area contributed by atoms with Gasteiger partial charge in [0.1, 0.15) is 17.6 Å². The highest BCUT2D eigenvalue weighted by Gasteiger charge is 2.41. The van der Waals surface area contributed by atoms with E-state index < -0.39 is 11.0 Å². The van der Waals surface area contributed by atoms with Gasteiger partial charge in [-0.15, -0.1) is 0 Å². The van der Waals surface area contributed by atoms with Crippen LogP contribution in [0.15, 0.2) is 40.8 Å². The molecule has 0 saturated carbocycles. The number of nitrogens with two attached hydrogens (primary N) is 1. The predicted molar refractivity (Wildman–Crippen MR) is 90.5 cm³/mol. The summed E-state index contributed by atoms with van der Waals surface area (Å²) in [7, 11) is 0. The van der Waals surface area contributed by atoms with E-state index in [-0.39, 0.29) is 51.5 Å². The second kappa shape index (κ2) is 5.88. The van der Waals surface area contributed by atoms with Gasteiger partial charge in [0.05, 0.1) is 21.8 Å². The molecule has 1 unspecified atom stereocenters. The van der Waals surface area contributed by atoms with Crippen LogP contribution in [0.3, 0.4) is 0 Å². The molecule has 2 aliphatic rings. The molecule has 0 amide bonds. The Morgan fingerprint density at radius 3 is 2.73 bits per heavy atom. The van der Waals surface area contributed by atoms with Gasteiger partial charge in [0.25, 0.3) is 5.69 Å². The van der Waals surface area contributed by atoms with E-state index in [4.69, 9.17) is 10.5 Å². The van der Waals surface area contributed by atoms with Crippen molar-refractivity contribution in [3.8, 4) is 11.8 Å². The maximum Gasteiger partial charge on any atom is 0.270 e. The molecule has 0 fully saturated rings. The van der Waals surface area contributed by atoms with Gasteiger partial charge in [0.15, 0.2) is 11.9 Å². The Kier molecular flexibility index (Phi) is 3.95. The van der Waals surface area contributed by atoms with Gasteiger partial charge in [-0.1, -0.05) is 13.8 Å². The van der Waals surface area contributed by atoms with Gasteiger partial charge in [-0.05, 0) is 11.5 Å². The smallest absolute Gasteiger partial charge is 0.270 e. The summed E-state index contributed by atoms with van der Waals surface area (Å²) in [6.45, 7) is 3.83. The highest BCUT2D eigenvalue weighted by atomic mass is 16.6. The van der Waals surface area contributed by atoms with Crippen molar-refractivity contribution in [1.29, 1.82) is 5.26 Å². The minimum absolute atomic E-state index is 0.00477. The Morgan fingerprint density at radius 1 is 1.42 bits per heavy atom. The monoisotopic (exact) mass is 355 g/mol. The first-order valence-electron chi connectivity index (χ1n) is 7.95. The maximum absolute atomic E-state index is 12.5. The molecule has 3 N–H and O–H groups in total. The van der Waals surface area contributed by atoms with Gasteiger partial charge >= 0.3 is 0 Å². The zero-order valence-corrected chi connectivity index (χ0v) is 14.3. The second-order valence-corrected chi connectivity index (χ2v) is 7.18. The third kappa shape index (κ3) is 2.77. The van der Waals surface area contributed by atoms with E-state index in [1.165, 1.54) is 6.07 Å². The number of nitro groups is 1. The Balaban J connectivity index is 2.15. The number of benzene rings is 1. The maximum atomic E-state index is 12.5. The molecule has 1 heterocycles. The standard InChI is InChI=1S/C18H17N3O5/c1-18(2)6-13(23)15-14(7-18)26-17(11(8-19)16(15)20)10-5-9(21(24)25)3-4-12(10)22/h3-5,17,22H,6-7,20H2,1-2H3. The van der Waals surface area contributed by atoms with E-state index in [1.807, 2.05) is 19.9 Å². The minimum atomic E-state index is -1.11. The summed E-state index contributed by atoms with van der Waals surface area (Å²) >= 11 is 0. The van der Waals surface area contributed by atoms with Crippen molar-refractivity contribution in [3.63, 3.8) is 0 Å². The van der Waals surface area contributed by atoms with Gasteiger partial charge in [-0.2, -0.15) is 5.26 Å². The van der Waals surface area contributed by atoms with Crippen LogP contribution < -0.4 is 5.73 Å². The fourth-order valence-corrected chi connectivity index (χ4v) is 3.35. The number of nitrogens with zero attached hydrogens (tertiary/aromatic N) is 2. The number of non-ortho nitro benzene ring substituents is 1. The summed E-state index contributed by atoms with van der Waals surface area (Å²) in [4.78, 5) is 22.9. The van der Waals surface area contributed by atoms with E-state index >= 15 is 0 Å². The van der Waals surface area contributed by atoms with Crippen LogP contribution in [0.5, 0.6) is 5.75 Å². The van der Waals surface area contributed by atoms with Gasteiger partial charge in [-0.25, -0.2) is 0 Å². The van der Waals surface area contributed by atoms with E-state index in [9.17, 15) is 25.3 Å². The fraction of sp³-hybridized carbons (Fsp3) is 0.333. The first-order valence-corrected chi connectivity index (χ1v) is 7.95. The van der Waals surface area contributed by atoms with Crippen molar-refractivity contribution >= 4 is 11.5 Å². The lowest BCUT2D eigenvalue weighted by molar-refractivity contribution is -0.385. The first kappa shape index (κ1) is 17.5. The molecular weight excluding hydrogens is 338 g/mol. The van der Waals surface area contributed by atoms with E-state index in [1.54, 1.807) is 0 Å². The van der Waals surface area contributed by atoms with E-state index in [0.29, 0.717) is 12.2 Å². The molecule has 0 radical (unpaired) electrons. The van der Waals surface area contributed by atoms with Gasteiger partial charge in [-0.3, -0.25) is 14.9 Å². The summed E-state index contributed by atoms with van der Waals surface area (Å²) < 4.78 is 5.89. The Morgan fingerprint density at radius 2 is 2.12 bits per heavy atom. The van der Waals surface area contributed by atoms with Crippen LogP contribution in [-0.4, -0.2) is 15.8 Å². The molecule has 1 aliphatic heterocycles. The number of phenols is 1. The number of aromatic hydroxyl groups is 1. The number of carbonyl (C=O) groups excluding carboxylic acids is 1. The number of phenolic OH excluding ortho intramolecular Hbond substituents is 1. The third-order valence-corrected chi connectivity index (χ3v) is 4.54. The number of hydrogen-bond acceptors (Lipinski definition) is 7. The van der Waals surface area contributed by atoms with Crippen LogP contribution in [0.1, 0.15) is 38.4 Å². The molecular formula is C18H17N3O5. The van der Waals surface area contributed by atoms with Crippen LogP contribution in [0, 0.1) is 26.9 Å². The van der Waals surface area contributed by atoms with E-state index in [0.717, 1.165) is 12.1 Å². The Hall–Kier alpha value is -3.34. The van der Waals surface area contributed by atoms with Crippen LogP contribution in [-0.2, 0) is 9.53 Å². The summed E-state index contributed by atoms with van der Waals surface area (Å²) in [5.41, 5.74) is 5.70. The molecule has 0 bridgehead atoms. The molecule has 1 aromatic rings. The topological polar surface area (TPSA) is 139 Å². The highest BCUT2D eigenvalue weighted by Crippen LogP contribution is 2.47. The van der Waals surface area contributed by atoms with Crippen LogP contribution in [0.4, 0.5) is 5.69 Å². The largest absolute Gasteiger partial charge is 0.508 e. The van der Waals surface area contributed by atoms with Crippen LogP contribution in [0.25, 0.3) is 0 Å². The number of hydrogen-bond donors (Lipinski definition) is 2. The average molecular weight is 355 g/mol. The molecule has 8 nitrogen and oxygen atoms in total. The molecule has 3 rings (SSSR count). The lowest BCUT2D eigenvalue weighted by Gasteiger charge is -2.37. The summed E-state index contributed by atoms with van der Waals surface area (Å²) in [5.74, 6) is -0.117. The molecule has 1 aliphatic carbocycles. The molecule has 1 atom stereocenters. The van der Waals surface area contributed by atoms with Crippen molar-refractivity contribution in [2.45, 2.75) is 32.8 Å².